The number of nitrogens with zero attached hydrogens (tertiary/aromatic N) is 3. The van der Waals surface area contributed by atoms with Crippen LogP contribution in [0.5, 0.6) is 0 Å². The molecule has 2 heterocycles. The number of nitrogens with one attached hydrogen (secondary N) is 1. The van der Waals surface area contributed by atoms with E-state index in [0.717, 1.165) is 25.7 Å². The van der Waals surface area contributed by atoms with Gasteiger partial charge in [-0.25, -0.2) is 4.99 Å². The van der Waals surface area contributed by atoms with Crippen molar-refractivity contribution < 1.29 is 23.9 Å². The fourth-order valence-corrected chi connectivity index (χ4v) is 4.95. The van der Waals surface area contributed by atoms with Crippen LogP contribution in [0, 0.1) is 17.8 Å². The first-order valence-corrected chi connectivity index (χ1v) is 12.0. The average molecular weight is 467 g/mol. The molecule has 34 heavy (non-hydrogen) atoms. The van der Waals surface area contributed by atoms with Gasteiger partial charge in [0.2, 0.25) is 17.7 Å². The zero-order valence-corrected chi connectivity index (χ0v) is 19.6. The van der Waals surface area contributed by atoms with Gasteiger partial charge in [-0.15, -0.1) is 0 Å². The number of amidine groups is 1. The summed E-state index contributed by atoms with van der Waals surface area (Å²) in [4.78, 5) is 61.5. The topological polar surface area (TPSA) is 118 Å². The first-order valence-electron chi connectivity index (χ1n) is 12.0. The predicted molar refractivity (Wildman–Crippen MR) is 126 cm³/mol. The number of rotatable bonds is 6. The second-order valence-corrected chi connectivity index (χ2v) is 8.75. The fraction of sp³-hybridized carbons (Fsp3) is 0.520. The monoisotopic (exact) mass is 466 g/mol. The van der Waals surface area contributed by atoms with Crippen LogP contribution < -0.4 is 5.32 Å². The number of benzene rings is 1. The summed E-state index contributed by atoms with van der Waals surface area (Å²) in [7, 11) is 0. The van der Waals surface area contributed by atoms with Crippen molar-refractivity contribution in [2.75, 3.05) is 13.2 Å². The molecule has 3 unspecified atom stereocenters. The molecule has 9 nitrogen and oxygen atoms in total. The summed E-state index contributed by atoms with van der Waals surface area (Å²) >= 11 is 0. The van der Waals surface area contributed by atoms with E-state index >= 15 is 0 Å². The molecule has 2 aliphatic heterocycles. The number of fused-ring (bicyclic) bond motifs is 2. The van der Waals surface area contributed by atoms with Gasteiger partial charge in [0.25, 0.3) is 0 Å². The van der Waals surface area contributed by atoms with Gasteiger partial charge >= 0.3 is 5.97 Å². The van der Waals surface area contributed by atoms with Gasteiger partial charge < -0.3 is 10.1 Å². The van der Waals surface area contributed by atoms with Crippen LogP contribution in [0.3, 0.4) is 0 Å². The van der Waals surface area contributed by atoms with E-state index in [1.54, 1.807) is 25.1 Å². The number of para-hydroxylation sites is 2. The number of amides is 3. The summed E-state index contributed by atoms with van der Waals surface area (Å²) < 4.78 is 5.25. The highest BCUT2D eigenvalue weighted by molar-refractivity contribution is 6.24. The Morgan fingerprint density at radius 2 is 1.65 bits per heavy atom. The van der Waals surface area contributed by atoms with Crippen molar-refractivity contribution in [2.24, 2.45) is 27.7 Å². The number of carbonyl (C=O) groups is 4. The van der Waals surface area contributed by atoms with E-state index in [1.165, 1.54) is 4.90 Å². The third-order valence-electron chi connectivity index (χ3n) is 6.64. The molecule has 3 atom stereocenters. The van der Waals surface area contributed by atoms with Crippen molar-refractivity contribution in [3.05, 3.63) is 24.3 Å². The molecule has 180 valence electrons. The van der Waals surface area contributed by atoms with E-state index in [-0.39, 0.29) is 49.1 Å². The lowest BCUT2D eigenvalue weighted by molar-refractivity contribution is -0.144. The molecule has 1 aromatic rings. The number of likely N-dealkylation sites (tertiary alicyclic amines) is 1. The first-order chi connectivity index (χ1) is 16.4. The fourth-order valence-electron chi connectivity index (χ4n) is 4.95. The standard InChI is InChI=1S/C25H30N4O5/c1-3-17-21(25(33)34-4-2)22(27-19-12-8-7-11-18(19)26-17)28-20(30)13-14-29-23(31)15-9-5-6-10-16(15)24(29)32/h7-8,11-12,15-16,21H,3-6,9-10,13-14H2,1-2H3,(H,27,28,30). The Morgan fingerprint density at radius 1 is 1.03 bits per heavy atom. The third-order valence-corrected chi connectivity index (χ3v) is 6.64. The summed E-state index contributed by atoms with van der Waals surface area (Å²) in [5, 5.41) is 2.75. The summed E-state index contributed by atoms with van der Waals surface area (Å²) in [5.41, 5.74) is 1.68. The number of carbonyl (C=O) groups excluding carboxylic acids is 4. The lowest BCUT2D eigenvalue weighted by Gasteiger charge is -2.19. The summed E-state index contributed by atoms with van der Waals surface area (Å²) in [5.74, 6) is -2.61. The number of hydrogen-bond acceptors (Lipinski definition) is 7. The summed E-state index contributed by atoms with van der Waals surface area (Å²) in [6.07, 6.45) is 3.75. The molecular weight excluding hydrogens is 436 g/mol. The number of hydrogen-bond donors (Lipinski definition) is 1. The Hall–Kier alpha value is -3.36. The number of imide groups is 1. The van der Waals surface area contributed by atoms with E-state index < -0.39 is 17.8 Å². The van der Waals surface area contributed by atoms with E-state index in [4.69, 9.17) is 4.74 Å². The minimum Gasteiger partial charge on any atom is -0.465 e. The Bertz CT molecular complexity index is 1040. The molecule has 1 aliphatic carbocycles. The SMILES string of the molecule is CCOC(=O)C1C(CC)=Nc2ccccc2N=C1NC(=O)CCN1C(=O)C2CCCCC2C1=O. The van der Waals surface area contributed by atoms with Crippen LogP contribution in [0.2, 0.25) is 0 Å². The zero-order valence-electron chi connectivity index (χ0n) is 19.6. The molecule has 4 rings (SSSR count). The Morgan fingerprint density at radius 3 is 2.24 bits per heavy atom. The van der Waals surface area contributed by atoms with Crippen LogP contribution in [-0.4, -0.2) is 53.3 Å². The molecule has 1 saturated carbocycles. The van der Waals surface area contributed by atoms with Crippen LogP contribution in [0.25, 0.3) is 0 Å². The second-order valence-electron chi connectivity index (χ2n) is 8.75. The van der Waals surface area contributed by atoms with Gasteiger partial charge in [0.1, 0.15) is 5.84 Å². The first kappa shape index (κ1) is 23.8. The molecule has 1 N–H and O–H groups in total. The maximum Gasteiger partial charge on any atom is 0.322 e. The Labute approximate surface area is 198 Å². The van der Waals surface area contributed by atoms with Crippen molar-refractivity contribution in [1.82, 2.24) is 10.2 Å². The van der Waals surface area contributed by atoms with Crippen molar-refractivity contribution in [3.8, 4) is 0 Å². The van der Waals surface area contributed by atoms with Gasteiger partial charge in [-0.2, -0.15) is 0 Å². The molecule has 3 aliphatic rings. The molecule has 0 bridgehead atoms. The van der Waals surface area contributed by atoms with E-state index in [9.17, 15) is 19.2 Å². The molecular formula is C25H30N4O5. The van der Waals surface area contributed by atoms with Gasteiger partial charge in [0.15, 0.2) is 5.92 Å². The van der Waals surface area contributed by atoms with Gasteiger partial charge in [0.05, 0.1) is 29.8 Å². The zero-order chi connectivity index (χ0) is 24.2. The lowest BCUT2D eigenvalue weighted by atomic mass is 9.81. The summed E-state index contributed by atoms with van der Waals surface area (Å²) in [6.45, 7) is 3.78. The van der Waals surface area contributed by atoms with Crippen LogP contribution in [0.4, 0.5) is 11.4 Å². The van der Waals surface area contributed by atoms with E-state index in [1.807, 2.05) is 13.0 Å². The summed E-state index contributed by atoms with van der Waals surface area (Å²) in [6, 6.07) is 7.19. The molecule has 0 radical (unpaired) electrons. The molecule has 1 aromatic carbocycles. The largest absolute Gasteiger partial charge is 0.465 e. The van der Waals surface area contributed by atoms with Crippen molar-refractivity contribution in [2.45, 2.75) is 52.4 Å². The Balaban J connectivity index is 1.52. The smallest absolute Gasteiger partial charge is 0.322 e. The van der Waals surface area contributed by atoms with Crippen LogP contribution >= 0.6 is 0 Å². The molecule has 0 spiro atoms. The number of esters is 1. The maximum atomic E-state index is 12.9. The van der Waals surface area contributed by atoms with Crippen LogP contribution in [0.1, 0.15) is 52.4 Å². The molecule has 2 fully saturated rings. The normalized spacial score (nSPS) is 23.9. The molecule has 1 saturated heterocycles. The molecule has 3 amide bonds. The van der Waals surface area contributed by atoms with Crippen LogP contribution in [0.15, 0.2) is 34.3 Å². The third kappa shape index (κ3) is 4.64. The number of ether oxygens (including phenoxy) is 1. The lowest BCUT2D eigenvalue weighted by Crippen LogP contribution is -2.44. The Kier molecular flexibility index (Phi) is 7.19. The van der Waals surface area contributed by atoms with Gasteiger partial charge in [-0.3, -0.25) is 29.1 Å². The van der Waals surface area contributed by atoms with Crippen molar-refractivity contribution in [3.63, 3.8) is 0 Å². The highest BCUT2D eigenvalue weighted by Gasteiger charge is 2.47. The quantitative estimate of drug-likeness (QED) is 0.511. The minimum absolute atomic E-state index is 0.0131. The van der Waals surface area contributed by atoms with Gasteiger partial charge in [-0.1, -0.05) is 31.9 Å². The highest BCUT2D eigenvalue weighted by atomic mass is 16.5. The number of aliphatic imine (C=N–C) groups is 2. The average Bonchev–Trinajstić information content (AvgIpc) is 2.98. The van der Waals surface area contributed by atoms with Crippen molar-refractivity contribution in [1.29, 1.82) is 0 Å². The molecule has 9 heteroatoms. The second kappa shape index (κ2) is 10.3. The minimum atomic E-state index is -0.945. The van der Waals surface area contributed by atoms with Gasteiger partial charge in [-0.05, 0) is 38.3 Å². The maximum absolute atomic E-state index is 12.9. The predicted octanol–water partition coefficient (Wildman–Crippen LogP) is 3.07. The van der Waals surface area contributed by atoms with Gasteiger partial charge in [0, 0.05) is 18.7 Å². The van der Waals surface area contributed by atoms with E-state index in [2.05, 4.69) is 15.3 Å². The van der Waals surface area contributed by atoms with Crippen LogP contribution in [-0.2, 0) is 23.9 Å². The molecule has 0 aromatic heterocycles. The highest BCUT2D eigenvalue weighted by Crippen LogP contribution is 2.38. The van der Waals surface area contributed by atoms with Crippen molar-refractivity contribution >= 4 is 46.6 Å². The van der Waals surface area contributed by atoms with E-state index in [0.29, 0.717) is 23.5 Å².